The Balaban J connectivity index is 1.83. The number of carbonyl (C=O) groups excluding carboxylic acids is 1. The van der Waals surface area contributed by atoms with E-state index < -0.39 is 0 Å². The van der Waals surface area contributed by atoms with E-state index in [0.717, 1.165) is 10.7 Å². The summed E-state index contributed by atoms with van der Waals surface area (Å²) in [6, 6.07) is 7.02. The lowest BCUT2D eigenvalue weighted by Crippen LogP contribution is -2.12. The van der Waals surface area contributed by atoms with Gasteiger partial charge in [0.15, 0.2) is 0 Å². The van der Waals surface area contributed by atoms with Crippen molar-refractivity contribution in [1.29, 1.82) is 0 Å². The average molecular weight is 325 g/mol. The average Bonchev–Trinajstić information content (AvgIpc) is 2.71. The minimum absolute atomic E-state index is 0.0759. The number of halogens is 1. The molecule has 5 nitrogen and oxygen atoms in total. The number of aryl methyl sites for hydroxylation is 2. The van der Waals surface area contributed by atoms with Crippen molar-refractivity contribution < 1.29 is 4.79 Å². The fourth-order valence-electron chi connectivity index (χ4n) is 1.82. The summed E-state index contributed by atoms with van der Waals surface area (Å²) in [5, 5.41) is 8.53. The van der Waals surface area contributed by atoms with Crippen LogP contribution in [0.4, 0.5) is 11.4 Å². The smallest absolute Gasteiger partial charge is 0.225 e. The molecule has 0 aliphatic carbocycles. The largest absolute Gasteiger partial charge is 0.399 e. The van der Waals surface area contributed by atoms with Gasteiger partial charge in [0.2, 0.25) is 5.91 Å². The number of nitrogen functional groups attached to an aromatic ring is 1. The van der Waals surface area contributed by atoms with Gasteiger partial charge in [0, 0.05) is 24.9 Å². The topological polar surface area (TPSA) is 72.9 Å². The Kier molecular flexibility index (Phi) is 5.14. The van der Waals surface area contributed by atoms with Crippen LogP contribution in [0.5, 0.6) is 0 Å². The number of nitrogens with zero attached hydrogens (tertiary/aromatic N) is 2. The second kappa shape index (κ2) is 6.87. The van der Waals surface area contributed by atoms with Gasteiger partial charge in [0.1, 0.15) is 0 Å². The molecule has 1 heterocycles. The summed E-state index contributed by atoms with van der Waals surface area (Å²) < 4.78 is 1.81. The third kappa shape index (κ3) is 4.41. The zero-order valence-corrected chi connectivity index (χ0v) is 13.5. The molecule has 0 spiro atoms. The Morgan fingerprint density at radius 1 is 1.48 bits per heavy atom. The van der Waals surface area contributed by atoms with Gasteiger partial charge < -0.3 is 11.1 Å². The molecule has 0 bridgehead atoms. The predicted octanol–water partition coefficient (Wildman–Crippen LogP) is 3.09. The van der Waals surface area contributed by atoms with Crippen LogP contribution in [-0.2, 0) is 11.8 Å². The standard InChI is InChI=1S/C14H17ClN4OS/c1-9-7-14(19(2)18-9)21-6-5-13(20)17-12-4-3-10(16)8-11(12)15/h3-4,7-8H,5-6,16H2,1-2H3,(H,17,20). The highest BCUT2D eigenvalue weighted by molar-refractivity contribution is 7.99. The van der Waals surface area contributed by atoms with E-state index in [0.29, 0.717) is 28.6 Å². The van der Waals surface area contributed by atoms with Gasteiger partial charge in [-0.05, 0) is 31.2 Å². The lowest BCUT2D eigenvalue weighted by Gasteiger charge is -2.07. The molecule has 1 aromatic carbocycles. The highest BCUT2D eigenvalue weighted by Gasteiger charge is 2.08. The number of nitrogens with two attached hydrogens (primary N) is 1. The van der Waals surface area contributed by atoms with Crippen LogP contribution in [0.2, 0.25) is 5.02 Å². The molecule has 2 rings (SSSR count). The number of thioether (sulfide) groups is 1. The van der Waals surface area contributed by atoms with Gasteiger partial charge in [-0.3, -0.25) is 9.48 Å². The molecule has 0 fully saturated rings. The van der Waals surface area contributed by atoms with Crippen LogP contribution in [0.25, 0.3) is 0 Å². The molecule has 0 aliphatic rings. The van der Waals surface area contributed by atoms with Crippen molar-refractivity contribution in [3.63, 3.8) is 0 Å². The molecule has 0 saturated carbocycles. The summed E-state index contributed by atoms with van der Waals surface area (Å²) in [7, 11) is 1.89. The zero-order valence-electron chi connectivity index (χ0n) is 11.9. The molecule has 0 aliphatic heterocycles. The quantitative estimate of drug-likeness (QED) is 0.655. The van der Waals surface area contributed by atoms with Gasteiger partial charge in [-0.25, -0.2) is 0 Å². The maximum absolute atomic E-state index is 11.9. The molecule has 0 radical (unpaired) electrons. The van der Waals surface area contributed by atoms with Gasteiger partial charge in [0.05, 0.1) is 21.4 Å². The maximum atomic E-state index is 11.9. The Morgan fingerprint density at radius 3 is 2.86 bits per heavy atom. The van der Waals surface area contributed by atoms with Crippen molar-refractivity contribution in [2.24, 2.45) is 7.05 Å². The highest BCUT2D eigenvalue weighted by atomic mass is 35.5. The Labute approximate surface area is 132 Å². The van der Waals surface area contributed by atoms with Crippen LogP contribution in [0.3, 0.4) is 0 Å². The minimum atomic E-state index is -0.0759. The summed E-state index contributed by atoms with van der Waals surface area (Å²) >= 11 is 7.62. The second-order valence-electron chi connectivity index (χ2n) is 4.63. The second-order valence-corrected chi connectivity index (χ2v) is 6.16. The fourth-order valence-corrected chi connectivity index (χ4v) is 3.03. The van der Waals surface area contributed by atoms with Crippen LogP contribution >= 0.6 is 23.4 Å². The molecule has 1 amide bonds. The molecule has 3 N–H and O–H groups in total. The fraction of sp³-hybridized carbons (Fsp3) is 0.286. The van der Waals surface area contributed by atoms with E-state index in [1.807, 2.05) is 24.7 Å². The monoisotopic (exact) mass is 324 g/mol. The van der Waals surface area contributed by atoms with Gasteiger partial charge in [-0.15, -0.1) is 11.8 Å². The van der Waals surface area contributed by atoms with Gasteiger partial charge >= 0.3 is 0 Å². The van der Waals surface area contributed by atoms with Gasteiger partial charge in [0.25, 0.3) is 0 Å². The lowest BCUT2D eigenvalue weighted by atomic mass is 10.3. The summed E-state index contributed by atoms with van der Waals surface area (Å²) in [4.78, 5) is 11.9. The molecular formula is C14H17ClN4OS. The first kappa shape index (κ1) is 15.7. The first-order chi connectivity index (χ1) is 9.95. The van der Waals surface area contributed by atoms with Crippen molar-refractivity contribution in [2.45, 2.75) is 18.4 Å². The van der Waals surface area contributed by atoms with E-state index >= 15 is 0 Å². The summed E-state index contributed by atoms with van der Waals surface area (Å²) in [6.07, 6.45) is 0.398. The minimum Gasteiger partial charge on any atom is -0.399 e. The highest BCUT2D eigenvalue weighted by Crippen LogP contribution is 2.24. The zero-order chi connectivity index (χ0) is 15.4. The number of anilines is 2. The lowest BCUT2D eigenvalue weighted by molar-refractivity contribution is -0.115. The molecule has 1 aromatic heterocycles. The number of hydrogen-bond donors (Lipinski definition) is 2. The maximum Gasteiger partial charge on any atom is 0.225 e. The molecule has 2 aromatic rings. The van der Waals surface area contributed by atoms with Crippen LogP contribution in [0.15, 0.2) is 29.3 Å². The number of aromatic nitrogens is 2. The van der Waals surface area contributed by atoms with Crippen molar-refractivity contribution in [1.82, 2.24) is 9.78 Å². The Bertz CT molecular complexity index is 656. The van der Waals surface area contributed by atoms with E-state index in [1.54, 1.807) is 30.0 Å². The van der Waals surface area contributed by atoms with Crippen molar-refractivity contribution >= 4 is 40.6 Å². The van der Waals surface area contributed by atoms with Gasteiger partial charge in [-0.2, -0.15) is 5.10 Å². The third-order valence-corrected chi connectivity index (χ3v) is 4.20. The van der Waals surface area contributed by atoms with Crippen molar-refractivity contribution in [2.75, 3.05) is 16.8 Å². The Hall–Kier alpha value is -1.66. The predicted molar refractivity (Wildman–Crippen MR) is 87.8 cm³/mol. The van der Waals surface area contributed by atoms with Crippen LogP contribution in [0.1, 0.15) is 12.1 Å². The first-order valence-electron chi connectivity index (χ1n) is 6.44. The van der Waals surface area contributed by atoms with E-state index in [2.05, 4.69) is 10.4 Å². The third-order valence-electron chi connectivity index (χ3n) is 2.81. The number of rotatable bonds is 5. The molecule has 112 valence electrons. The van der Waals surface area contributed by atoms with Crippen LogP contribution in [0, 0.1) is 6.92 Å². The summed E-state index contributed by atoms with van der Waals surface area (Å²) in [5.41, 5.74) is 7.73. The summed E-state index contributed by atoms with van der Waals surface area (Å²) in [6.45, 7) is 1.94. The molecule has 0 unspecified atom stereocenters. The number of carbonyl (C=O) groups is 1. The molecule has 21 heavy (non-hydrogen) atoms. The van der Waals surface area contributed by atoms with E-state index in [9.17, 15) is 4.79 Å². The molecule has 7 heteroatoms. The normalized spacial score (nSPS) is 10.6. The molecule has 0 saturated heterocycles. The Morgan fingerprint density at radius 2 is 2.24 bits per heavy atom. The van der Waals surface area contributed by atoms with Crippen LogP contribution < -0.4 is 11.1 Å². The van der Waals surface area contributed by atoms with Crippen molar-refractivity contribution in [3.8, 4) is 0 Å². The van der Waals surface area contributed by atoms with E-state index in [-0.39, 0.29) is 5.91 Å². The summed E-state index contributed by atoms with van der Waals surface area (Å²) in [5.74, 6) is 0.602. The first-order valence-corrected chi connectivity index (χ1v) is 7.80. The van der Waals surface area contributed by atoms with Crippen LogP contribution in [-0.4, -0.2) is 21.4 Å². The van der Waals surface area contributed by atoms with Crippen molar-refractivity contribution in [3.05, 3.63) is 35.0 Å². The molecular weight excluding hydrogens is 308 g/mol. The SMILES string of the molecule is Cc1cc(SCCC(=O)Nc2ccc(N)cc2Cl)n(C)n1. The number of benzene rings is 1. The number of amides is 1. The van der Waals surface area contributed by atoms with E-state index in [1.165, 1.54) is 0 Å². The van der Waals surface area contributed by atoms with E-state index in [4.69, 9.17) is 17.3 Å². The molecule has 0 atom stereocenters. The van der Waals surface area contributed by atoms with Gasteiger partial charge in [-0.1, -0.05) is 11.6 Å². The number of nitrogens with one attached hydrogen (secondary N) is 1. The number of hydrogen-bond acceptors (Lipinski definition) is 4.